The number of aromatic amines is 1. The van der Waals surface area contributed by atoms with Gasteiger partial charge in [-0.25, -0.2) is 19.7 Å². The van der Waals surface area contributed by atoms with Gasteiger partial charge in [0.15, 0.2) is 0 Å². The summed E-state index contributed by atoms with van der Waals surface area (Å²) in [6, 6.07) is 2.91. The van der Waals surface area contributed by atoms with E-state index in [9.17, 15) is 9.59 Å². The van der Waals surface area contributed by atoms with E-state index >= 15 is 0 Å². The van der Waals surface area contributed by atoms with Crippen molar-refractivity contribution in [3.63, 3.8) is 0 Å². The summed E-state index contributed by atoms with van der Waals surface area (Å²) in [6.45, 7) is 3.20. The average molecular weight is 275 g/mol. The maximum atomic E-state index is 11.7. The Bertz CT molecular complexity index is 681. The second-order valence-electron chi connectivity index (χ2n) is 4.63. The third-order valence-electron chi connectivity index (χ3n) is 2.60. The Labute approximate surface area is 113 Å². The van der Waals surface area contributed by atoms with E-state index in [2.05, 4.69) is 25.3 Å². The molecule has 0 atom stereocenters. The Kier molecular flexibility index (Phi) is 3.47. The van der Waals surface area contributed by atoms with Crippen LogP contribution in [0.15, 0.2) is 29.5 Å². The summed E-state index contributed by atoms with van der Waals surface area (Å²) in [4.78, 5) is 37.1. The van der Waals surface area contributed by atoms with E-state index in [1.54, 1.807) is 19.9 Å². The minimum absolute atomic E-state index is 0.209. The van der Waals surface area contributed by atoms with Crippen LogP contribution in [-0.2, 0) is 5.54 Å². The first-order valence-electron chi connectivity index (χ1n) is 5.78. The number of hydrogen-bond donors (Lipinski definition) is 3. The van der Waals surface area contributed by atoms with Crippen LogP contribution in [0.2, 0.25) is 0 Å². The second-order valence-corrected chi connectivity index (χ2v) is 4.63. The Morgan fingerprint density at radius 1 is 1.40 bits per heavy atom. The third kappa shape index (κ3) is 2.97. The summed E-state index contributed by atoms with van der Waals surface area (Å²) in [5.41, 5.74) is -0.581. The van der Waals surface area contributed by atoms with E-state index in [1.165, 1.54) is 18.6 Å². The molecule has 20 heavy (non-hydrogen) atoms. The van der Waals surface area contributed by atoms with Crippen molar-refractivity contribution < 1.29 is 9.90 Å². The molecule has 0 bridgehead atoms. The molecular formula is C12H13N5O3. The van der Waals surface area contributed by atoms with E-state index in [4.69, 9.17) is 5.11 Å². The highest BCUT2D eigenvalue weighted by atomic mass is 16.4. The molecule has 0 aliphatic carbocycles. The average Bonchev–Trinajstić information content (AvgIpc) is 2.37. The summed E-state index contributed by atoms with van der Waals surface area (Å²) in [5, 5.41) is 11.1. The highest BCUT2D eigenvalue weighted by molar-refractivity contribution is 5.65. The first-order valence-corrected chi connectivity index (χ1v) is 5.78. The molecule has 0 radical (unpaired) electrons. The van der Waals surface area contributed by atoms with Crippen molar-refractivity contribution in [3.05, 3.63) is 40.8 Å². The van der Waals surface area contributed by atoms with E-state index in [0.717, 1.165) is 0 Å². The van der Waals surface area contributed by atoms with Crippen LogP contribution in [-0.4, -0.2) is 31.1 Å². The Morgan fingerprint density at radius 2 is 2.15 bits per heavy atom. The van der Waals surface area contributed by atoms with Crippen LogP contribution in [0.4, 0.5) is 4.79 Å². The van der Waals surface area contributed by atoms with Gasteiger partial charge in [0.25, 0.3) is 5.56 Å². The maximum Gasteiger partial charge on any atom is 0.405 e. The molecule has 0 saturated heterocycles. The van der Waals surface area contributed by atoms with Crippen LogP contribution in [0.5, 0.6) is 0 Å². The van der Waals surface area contributed by atoms with E-state index in [1.807, 2.05) is 0 Å². The highest BCUT2D eigenvalue weighted by Gasteiger charge is 2.26. The van der Waals surface area contributed by atoms with Crippen molar-refractivity contribution in [3.8, 4) is 11.4 Å². The SMILES string of the molecule is CC(C)(NC(=O)O)c1nc(-c2ccncn2)cc(=O)[nH]1. The number of aromatic nitrogens is 4. The summed E-state index contributed by atoms with van der Waals surface area (Å²) in [5.74, 6) is 0.209. The molecule has 8 nitrogen and oxygen atoms in total. The molecule has 2 heterocycles. The predicted octanol–water partition coefficient (Wildman–Crippen LogP) is 0.730. The zero-order chi connectivity index (χ0) is 14.8. The number of hydrogen-bond acceptors (Lipinski definition) is 5. The van der Waals surface area contributed by atoms with Gasteiger partial charge in [-0.05, 0) is 19.9 Å². The van der Waals surface area contributed by atoms with E-state index in [-0.39, 0.29) is 11.4 Å². The molecule has 2 aromatic rings. The van der Waals surface area contributed by atoms with Gasteiger partial charge in [-0.2, -0.15) is 0 Å². The van der Waals surface area contributed by atoms with Gasteiger partial charge >= 0.3 is 6.09 Å². The lowest BCUT2D eigenvalue weighted by Crippen LogP contribution is -2.42. The van der Waals surface area contributed by atoms with Gasteiger partial charge in [-0.15, -0.1) is 0 Å². The van der Waals surface area contributed by atoms with Crippen molar-refractivity contribution in [2.75, 3.05) is 0 Å². The lowest BCUT2D eigenvalue weighted by Gasteiger charge is -2.23. The quantitative estimate of drug-likeness (QED) is 0.759. The van der Waals surface area contributed by atoms with Crippen molar-refractivity contribution in [2.45, 2.75) is 19.4 Å². The summed E-state index contributed by atoms with van der Waals surface area (Å²) in [6.07, 6.45) is 1.68. The minimum Gasteiger partial charge on any atom is -0.465 e. The molecule has 0 fully saturated rings. The molecule has 8 heteroatoms. The van der Waals surface area contributed by atoms with Gasteiger partial charge in [0.05, 0.1) is 16.9 Å². The van der Waals surface area contributed by atoms with E-state index < -0.39 is 11.6 Å². The van der Waals surface area contributed by atoms with Crippen LogP contribution in [0, 0.1) is 0 Å². The molecule has 0 aliphatic rings. The molecule has 104 valence electrons. The van der Waals surface area contributed by atoms with E-state index in [0.29, 0.717) is 11.4 Å². The van der Waals surface area contributed by atoms with Gasteiger partial charge in [0.2, 0.25) is 0 Å². The Hall–Kier alpha value is -2.77. The van der Waals surface area contributed by atoms with Gasteiger partial charge in [-0.1, -0.05) is 0 Å². The number of carbonyl (C=O) groups is 1. The van der Waals surface area contributed by atoms with Crippen LogP contribution in [0.1, 0.15) is 19.7 Å². The maximum absolute atomic E-state index is 11.7. The Balaban J connectivity index is 2.49. The molecule has 3 N–H and O–H groups in total. The van der Waals surface area contributed by atoms with Gasteiger partial charge < -0.3 is 15.4 Å². The first kappa shape index (κ1) is 13.7. The summed E-state index contributed by atoms with van der Waals surface area (Å²) < 4.78 is 0. The number of amides is 1. The fourth-order valence-corrected chi connectivity index (χ4v) is 1.65. The summed E-state index contributed by atoms with van der Waals surface area (Å²) >= 11 is 0. The number of nitrogens with one attached hydrogen (secondary N) is 2. The molecule has 0 aliphatic heterocycles. The minimum atomic E-state index is -1.20. The number of H-pyrrole nitrogens is 1. The van der Waals surface area contributed by atoms with Gasteiger partial charge in [0, 0.05) is 12.3 Å². The molecule has 2 aromatic heterocycles. The van der Waals surface area contributed by atoms with Crippen LogP contribution in [0.3, 0.4) is 0 Å². The monoisotopic (exact) mass is 275 g/mol. The first-order chi connectivity index (χ1) is 9.38. The molecule has 0 saturated carbocycles. The van der Waals surface area contributed by atoms with Gasteiger partial charge in [0.1, 0.15) is 12.2 Å². The number of rotatable bonds is 3. The largest absolute Gasteiger partial charge is 0.465 e. The lowest BCUT2D eigenvalue weighted by molar-refractivity contribution is 0.181. The van der Waals surface area contributed by atoms with Crippen molar-refractivity contribution in [2.24, 2.45) is 0 Å². The normalized spacial score (nSPS) is 11.1. The van der Waals surface area contributed by atoms with Crippen molar-refractivity contribution >= 4 is 6.09 Å². The Morgan fingerprint density at radius 3 is 2.75 bits per heavy atom. The molecular weight excluding hydrogens is 262 g/mol. The van der Waals surface area contributed by atoms with Gasteiger partial charge in [-0.3, -0.25) is 4.79 Å². The molecule has 0 aromatic carbocycles. The predicted molar refractivity (Wildman–Crippen MR) is 70.1 cm³/mol. The lowest BCUT2D eigenvalue weighted by atomic mass is 10.0. The molecule has 0 unspecified atom stereocenters. The number of nitrogens with zero attached hydrogens (tertiary/aromatic N) is 3. The fourth-order valence-electron chi connectivity index (χ4n) is 1.65. The number of carboxylic acid groups (broad SMARTS) is 1. The van der Waals surface area contributed by atoms with Crippen LogP contribution >= 0.6 is 0 Å². The topological polar surface area (TPSA) is 121 Å². The third-order valence-corrected chi connectivity index (χ3v) is 2.60. The zero-order valence-corrected chi connectivity index (χ0v) is 10.9. The van der Waals surface area contributed by atoms with Crippen LogP contribution < -0.4 is 10.9 Å². The smallest absolute Gasteiger partial charge is 0.405 e. The molecule has 2 rings (SSSR count). The fraction of sp³-hybridized carbons (Fsp3) is 0.250. The van der Waals surface area contributed by atoms with Crippen molar-refractivity contribution in [1.82, 2.24) is 25.3 Å². The highest BCUT2D eigenvalue weighted by Crippen LogP contribution is 2.18. The molecule has 1 amide bonds. The zero-order valence-electron chi connectivity index (χ0n) is 10.9. The molecule has 0 spiro atoms. The van der Waals surface area contributed by atoms with Crippen molar-refractivity contribution in [1.29, 1.82) is 0 Å². The van der Waals surface area contributed by atoms with Crippen LogP contribution in [0.25, 0.3) is 11.4 Å². The summed E-state index contributed by atoms with van der Waals surface area (Å²) in [7, 11) is 0. The second kappa shape index (κ2) is 5.08. The standard InChI is InChI=1S/C12H13N5O3/c1-12(2,17-11(19)20)10-15-8(5-9(18)16-10)7-3-4-13-6-14-7/h3-6,17H,1-2H3,(H,19,20)(H,15,16,18).